The van der Waals surface area contributed by atoms with Crippen LogP contribution in [0.5, 0.6) is 0 Å². The predicted molar refractivity (Wildman–Crippen MR) is 85.4 cm³/mol. The standard InChI is InChI=1S/C18H23NO2/c20-18(21)12-9-14-7-10-16(11-8-14)19-13-3-6-17(19)15-4-1-2-5-15/h7-12,15,17H,1-6,13H2,(H,20,21). The van der Waals surface area contributed by atoms with Gasteiger partial charge in [0.25, 0.3) is 0 Å². The summed E-state index contributed by atoms with van der Waals surface area (Å²) >= 11 is 0. The summed E-state index contributed by atoms with van der Waals surface area (Å²) in [5, 5.41) is 8.66. The molecule has 1 saturated heterocycles. The third kappa shape index (κ3) is 3.29. The van der Waals surface area contributed by atoms with Crippen LogP contribution in [0.4, 0.5) is 5.69 Å². The van der Waals surface area contributed by atoms with Gasteiger partial charge in [-0.05, 0) is 55.4 Å². The first-order valence-electron chi connectivity index (χ1n) is 8.02. The first-order chi connectivity index (χ1) is 10.2. The maximum atomic E-state index is 10.5. The lowest BCUT2D eigenvalue weighted by Gasteiger charge is -2.31. The quantitative estimate of drug-likeness (QED) is 0.852. The van der Waals surface area contributed by atoms with Crippen LogP contribution in [-0.4, -0.2) is 23.7 Å². The number of hydrogen-bond donors (Lipinski definition) is 1. The van der Waals surface area contributed by atoms with Crippen LogP contribution in [-0.2, 0) is 4.79 Å². The van der Waals surface area contributed by atoms with Crippen LogP contribution in [0.1, 0.15) is 44.1 Å². The fraction of sp³-hybridized carbons (Fsp3) is 0.500. The Hall–Kier alpha value is -1.77. The predicted octanol–water partition coefficient (Wildman–Crippen LogP) is 3.94. The Morgan fingerprint density at radius 1 is 1.10 bits per heavy atom. The summed E-state index contributed by atoms with van der Waals surface area (Å²) in [6.07, 6.45) is 11.0. The summed E-state index contributed by atoms with van der Waals surface area (Å²) in [5.41, 5.74) is 2.23. The fourth-order valence-corrected chi connectivity index (χ4v) is 3.89. The minimum absolute atomic E-state index is 0.716. The van der Waals surface area contributed by atoms with Gasteiger partial charge in [0.2, 0.25) is 0 Å². The van der Waals surface area contributed by atoms with Gasteiger partial charge in [0.1, 0.15) is 0 Å². The van der Waals surface area contributed by atoms with E-state index >= 15 is 0 Å². The molecule has 0 amide bonds. The summed E-state index contributed by atoms with van der Waals surface area (Å²) in [7, 11) is 0. The Balaban J connectivity index is 1.72. The van der Waals surface area contributed by atoms with E-state index in [1.807, 2.05) is 12.1 Å². The maximum Gasteiger partial charge on any atom is 0.328 e. The van der Waals surface area contributed by atoms with Gasteiger partial charge in [-0.25, -0.2) is 4.79 Å². The topological polar surface area (TPSA) is 40.5 Å². The highest BCUT2D eigenvalue weighted by atomic mass is 16.4. The van der Waals surface area contributed by atoms with Crippen LogP contribution in [0.25, 0.3) is 6.08 Å². The molecule has 21 heavy (non-hydrogen) atoms. The van der Waals surface area contributed by atoms with Crippen molar-refractivity contribution in [2.75, 3.05) is 11.4 Å². The molecule has 1 heterocycles. The Labute approximate surface area is 126 Å². The van der Waals surface area contributed by atoms with Crippen molar-refractivity contribution in [1.82, 2.24) is 0 Å². The van der Waals surface area contributed by atoms with Crippen LogP contribution in [0.15, 0.2) is 30.3 Å². The number of carboxylic acids is 1. The molecular weight excluding hydrogens is 262 g/mol. The Morgan fingerprint density at radius 2 is 1.81 bits per heavy atom. The average Bonchev–Trinajstić information content (AvgIpc) is 3.16. The van der Waals surface area contributed by atoms with E-state index in [9.17, 15) is 4.79 Å². The molecule has 1 aliphatic carbocycles. The summed E-state index contributed by atoms with van der Waals surface area (Å²) in [6, 6.07) is 9.01. The Kier molecular flexibility index (Phi) is 4.28. The van der Waals surface area contributed by atoms with Gasteiger partial charge in [-0.3, -0.25) is 0 Å². The molecule has 3 nitrogen and oxygen atoms in total. The first-order valence-corrected chi connectivity index (χ1v) is 8.02. The minimum Gasteiger partial charge on any atom is -0.478 e. The molecule has 2 fully saturated rings. The smallest absolute Gasteiger partial charge is 0.328 e. The Morgan fingerprint density at radius 3 is 2.48 bits per heavy atom. The lowest BCUT2D eigenvalue weighted by atomic mass is 9.95. The van der Waals surface area contributed by atoms with Gasteiger partial charge in [0.15, 0.2) is 0 Å². The highest BCUT2D eigenvalue weighted by Crippen LogP contribution is 2.37. The molecule has 1 atom stereocenters. The molecule has 1 aromatic carbocycles. The molecule has 3 heteroatoms. The van der Waals surface area contributed by atoms with E-state index in [0.717, 1.165) is 18.0 Å². The van der Waals surface area contributed by atoms with E-state index in [-0.39, 0.29) is 0 Å². The van der Waals surface area contributed by atoms with E-state index in [0.29, 0.717) is 6.04 Å². The third-order valence-electron chi connectivity index (χ3n) is 4.89. The van der Waals surface area contributed by atoms with E-state index in [4.69, 9.17) is 5.11 Å². The molecule has 3 rings (SSSR count). The number of nitrogens with zero attached hydrogens (tertiary/aromatic N) is 1. The van der Waals surface area contributed by atoms with Gasteiger partial charge in [0, 0.05) is 24.4 Å². The fourth-order valence-electron chi connectivity index (χ4n) is 3.89. The van der Waals surface area contributed by atoms with Crippen LogP contribution in [0, 0.1) is 5.92 Å². The summed E-state index contributed by atoms with van der Waals surface area (Å²) in [5.74, 6) is -0.0287. The molecule has 112 valence electrons. The van der Waals surface area contributed by atoms with Crippen LogP contribution in [0.3, 0.4) is 0 Å². The molecule has 1 N–H and O–H groups in total. The molecule has 1 aromatic rings. The lowest BCUT2D eigenvalue weighted by molar-refractivity contribution is -0.131. The van der Waals surface area contributed by atoms with Gasteiger partial charge >= 0.3 is 5.97 Å². The zero-order valence-electron chi connectivity index (χ0n) is 12.4. The summed E-state index contributed by atoms with van der Waals surface area (Å²) < 4.78 is 0. The van der Waals surface area contributed by atoms with Crippen molar-refractivity contribution < 1.29 is 9.90 Å². The van der Waals surface area contributed by atoms with Crippen LogP contribution < -0.4 is 4.90 Å². The molecule has 1 saturated carbocycles. The first kappa shape index (κ1) is 14.2. The lowest BCUT2D eigenvalue weighted by Crippen LogP contribution is -2.34. The van der Waals surface area contributed by atoms with Gasteiger partial charge in [-0.1, -0.05) is 25.0 Å². The molecule has 0 spiro atoms. The van der Waals surface area contributed by atoms with Crippen LogP contribution >= 0.6 is 0 Å². The number of rotatable bonds is 4. The maximum absolute atomic E-state index is 10.5. The van der Waals surface area contributed by atoms with Crippen molar-refractivity contribution in [3.05, 3.63) is 35.9 Å². The van der Waals surface area contributed by atoms with Gasteiger partial charge in [-0.15, -0.1) is 0 Å². The minimum atomic E-state index is -0.903. The van der Waals surface area contributed by atoms with Crippen LogP contribution in [0.2, 0.25) is 0 Å². The van der Waals surface area contributed by atoms with E-state index in [1.165, 1.54) is 50.3 Å². The summed E-state index contributed by atoms with van der Waals surface area (Å²) in [6.45, 7) is 1.16. The Bertz CT molecular complexity index is 515. The van der Waals surface area contributed by atoms with Crippen molar-refractivity contribution in [2.45, 2.75) is 44.6 Å². The van der Waals surface area contributed by atoms with Crippen molar-refractivity contribution in [3.63, 3.8) is 0 Å². The van der Waals surface area contributed by atoms with Crippen molar-refractivity contribution in [1.29, 1.82) is 0 Å². The molecule has 2 aliphatic rings. The number of hydrogen-bond acceptors (Lipinski definition) is 2. The highest BCUT2D eigenvalue weighted by molar-refractivity contribution is 5.85. The van der Waals surface area contributed by atoms with Gasteiger partial charge < -0.3 is 10.0 Å². The monoisotopic (exact) mass is 285 g/mol. The van der Waals surface area contributed by atoms with Crippen molar-refractivity contribution in [2.24, 2.45) is 5.92 Å². The number of benzene rings is 1. The SMILES string of the molecule is O=C(O)C=Cc1ccc(N2CCCC2C2CCCC2)cc1. The zero-order chi connectivity index (χ0) is 14.7. The number of carbonyl (C=O) groups is 1. The van der Waals surface area contributed by atoms with Crippen molar-refractivity contribution in [3.8, 4) is 0 Å². The number of carboxylic acid groups (broad SMARTS) is 1. The van der Waals surface area contributed by atoms with E-state index < -0.39 is 5.97 Å². The third-order valence-corrected chi connectivity index (χ3v) is 4.89. The molecule has 0 radical (unpaired) electrons. The normalized spacial score (nSPS) is 23.2. The largest absolute Gasteiger partial charge is 0.478 e. The molecule has 1 unspecified atom stereocenters. The van der Waals surface area contributed by atoms with Crippen molar-refractivity contribution >= 4 is 17.7 Å². The van der Waals surface area contributed by atoms with Gasteiger partial charge in [-0.2, -0.15) is 0 Å². The second-order valence-electron chi connectivity index (χ2n) is 6.21. The molecular formula is C18H23NO2. The van der Waals surface area contributed by atoms with E-state index in [1.54, 1.807) is 6.08 Å². The zero-order valence-corrected chi connectivity index (χ0v) is 12.4. The van der Waals surface area contributed by atoms with E-state index in [2.05, 4.69) is 17.0 Å². The molecule has 0 bridgehead atoms. The van der Waals surface area contributed by atoms with Gasteiger partial charge in [0.05, 0.1) is 0 Å². The summed E-state index contributed by atoms with van der Waals surface area (Å²) in [4.78, 5) is 13.1. The highest BCUT2D eigenvalue weighted by Gasteiger charge is 2.33. The molecule has 0 aromatic heterocycles. The average molecular weight is 285 g/mol. The molecule has 1 aliphatic heterocycles. The number of anilines is 1. The number of aliphatic carboxylic acids is 1. The second-order valence-corrected chi connectivity index (χ2v) is 6.21. The second kappa shape index (κ2) is 6.33.